The third-order valence-corrected chi connectivity index (χ3v) is 5.98. The predicted octanol–water partition coefficient (Wildman–Crippen LogP) is 4.33. The molecule has 2 heterocycles. The number of aromatic nitrogens is 1. The molecule has 0 bridgehead atoms. The monoisotopic (exact) mass is 437 g/mol. The van der Waals surface area contributed by atoms with Gasteiger partial charge in [-0.2, -0.15) is 0 Å². The first-order chi connectivity index (χ1) is 15.7. The van der Waals surface area contributed by atoms with Crippen LogP contribution in [0.4, 0.5) is 0 Å². The van der Waals surface area contributed by atoms with Crippen molar-refractivity contribution >= 4 is 11.8 Å². The minimum Gasteiger partial charge on any atom is -0.490 e. The Labute approximate surface area is 189 Å². The van der Waals surface area contributed by atoms with Gasteiger partial charge in [0.25, 0.3) is 5.91 Å². The number of carbonyl (C=O) groups is 2. The predicted molar refractivity (Wildman–Crippen MR) is 121 cm³/mol. The number of benzene rings is 1. The second kappa shape index (κ2) is 11.0. The highest BCUT2D eigenvalue weighted by molar-refractivity contribution is 5.98. The lowest BCUT2D eigenvalue weighted by molar-refractivity contribution is -0.122. The van der Waals surface area contributed by atoms with Gasteiger partial charge >= 0.3 is 0 Å². The van der Waals surface area contributed by atoms with Crippen molar-refractivity contribution < 1.29 is 19.1 Å². The van der Waals surface area contributed by atoms with Crippen LogP contribution in [0.25, 0.3) is 0 Å². The first-order valence-corrected chi connectivity index (χ1v) is 11.6. The summed E-state index contributed by atoms with van der Waals surface area (Å²) >= 11 is 0. The number of hydrogen-bond acceptors (Lipinski definition) is 5. The Balaban J connectivity index is 1.57. The fourth-order valence-corrected chi connectivity index (χ4v) is 4.27. The van der Waals surface area contributed by atoms with Crippen LogP contribution in [0, 0.1) is 0 Å². The highest BCUT2D eigenvalue weighted by Gasteiger charge is 2.25. The fourth-order valence-electron chi connectivity index (χ4n) is 4.27. The van der Waals surface area contributed by atoms with Gasteiger partial charge < -0.3 is 19.7 Å². The maximum absolute atomic E-state index is 13.5. The van der Waals surface area contributed by atoms with Gasteiger partial charge in [0.1, 0.15) is 5.56 Å². The topological polar surface area (TPSA) is 80.8 Å². The third-order valence-electron chi connectivity index (χ3n) is 5.98. The van der Waals surface area contributed by atoms with E-state index in [1.165, 1.54) is 0 Å². The van der Waals surface area contributed by atoms with Gasteiger partial charge in [0.05, 0.1) is 13.2 Å². The molecule has 7 nitrogen and oxygen atoms in total. The average Bonchev–Trinajstić information content (AvgIpc) is 3.31. The van der Waals surface area contributed by atoms with E-state index < -0.39 is 0 Å². The van der Waals surface area contributed by atoms with Gasteiger partial charge in [-0.15, -0.1) is 0 Å². The van der Waals surface area contributed by atoms with Crippen molar-refractivity contribution in [2.24, 2.45) is 0 Å². The summed E-state index contributed by atoms with van der Waals surface area (Å²) in [6.45, 7) is 1.16. The Morgan fingerprint density at radius 1 is 1.00 bits per heavy atom. The second-order valence-corrected chi connectivity index (χ2v) is 8.44. The van der Waals surface area contributed by atoms with E-state index in [2.05, 4.69) is 10.3 Å². The van der Waals surface area contributed by atoms with Gasteiger partial charge in [-0.05, 0) is 49.9 Å². The highest BCUT2D eigenvalue weighted by Crippen LogP contribution is 2.32. The molecule has 2 aliphatic rings. The van der Waals surface area contributed by atoms with Crippen LogP contribution in [0.1, 0.15) is 61.7 Å². The van der Waals surface area contributed by atoms with E-state index in [1.54, 1.807) is 29.3 Å². The smallest absolute Gasteiger partial charge is 0.259 e. The molecule has 1 aliphatic carbocycles. The number of para-hydroxylation sites is 2. The maximum atomic E-state index is 13.5. The molecule has 2 amide bonds. The largest absolute Gasteiger partial charge is 0.490 e. The summed E-state index contributed by atoms with van der Waals surface area (Å²) in [5, 5.41) is 3.09. The van der Waals surface area contributed by atoms with Gasteiger partial charge in [-0.3, -0.25) is 9.59 Å². The van der Waals surface area contributed by atoms with Gasteiger partial charge in [0.15, 0.2) is 11.5 Å². The van der Waals surface area contributed by atoms with Crippen LogP contribution in [0.2, 0.25) is 0 Å². The van der Waals surface area contributed by atoms with Crippen molar-refractivity contribution in [1.29, 1.82) is 0 Å². The zero-order valence-corrected chi connectivity index (χ0v) is 18.4. The Morgan fingerprint density at radius 2 is 1.78 bits per heavy atom. The van der Waals surface area contributed by atoms with Gasteiger partial charge in [-0.25, -0.2) is 4.98 Å². The molecule has 1 fully saturated rings. The number of nitrogens with zero attached hydrogens (tertiary/aromatic N) is 2. The van der Waals surface area contributed by atoms with E-state index in [-0.39, 0.29) is 30.3 Å². The zero-order chi connectivity index (χ0) is 22.2. The van der Waals surface area contributed by atoms with Crippen molar-refractivity contribution in [3.63, 3.8) is 0 Å². The summed E-state index contributed by atoms with van der Waals surface area (Å²) in [5.74, 6) is 1.01. The van der Waals surface area contributed by atoms with E-state index in [4.69, 9.17) is 9.47 Å². The first kappa shape index (κ1) is 22.1. The number of rotatable bonds is 3. The molecule has 0 radical (unpaired) electrons. The van der Waals surface area contributed by atoms with Crippen molar-refractivity contribution in [2.45, 2.75) is 57.4 Å². The Kier molecular flexibility index (Phi) is 7.59. The summed E-state index contributed by atoms with van der Waals surface area (Å²) in [5.41, 5.74) is 0.341. The van der Waals surface area contributed by atoms with Gasteiger partial charge in [0, 0.05) is 18.8 Å². The summed E-state index contributed by atoms with van der Waals surface area (Å²) in [7, 11) is 0. The summed E-state index contributed by atoms with van der Waals surface area (Å²) in [6.07, 6.45) is 9.63. The van der Waals surface area contributed by atoms with Crippen LogP contribution in [0.15, 0.2) is 42.6 Å². The normalized spacial score (nSPS) is 18.0. The lowest BCUT2D eigenvalue weighted by atomic mass is 10.1. The molecule has 1 aromatic carbocycles. The summed E-state index contributed by atoms with van der Waals surface area (Å²) < 4.78 is 11.9. The molecule has 0 unspecified atom stereocenters. The van der Waals surface area contributed by atoms with Gasteiger partial charge in [-0.1, -0.05) is 37.8 Å². The molecule has 0 saturated heterocycles. The molecular formula is C25H31N3O4. The first-order valence-electron chi connectivity index (χ1n) is 11.6. The minimum absolute atomic E-state index is 0.0450. The number of nitrogens with one attached hydrogen (secondary N) is 1. The Bertz CT molecular complexity index is 927. The average molecular weight is 438 g/mol. The number of fused-ring (bicyclic) bond motifs is 2. The number of amides is 2. The lowest BCUT2D eigenvalue weighted by Gasteiger charge is -2.24. The molecule has 170 valence electrons. The van der Waals surface area contributed by atoms with E-state index >= 15 is 0 Å². The SMILES string of the molecule is O=C(CN1CCCCCCOc2ccccc2Oc2ncccc2C1=O)NC1CCCC1. The molecule has 1 aliphatic heterocycles. The summed E-state index contributed by atoms with van der Waals surface area (Å²) in [6, 6.07) is 11.0. The fraction of sp³-hybridized carbons (Fsp3) is 0.480. The lowest BCUT2D eigenvalue weighted by Crippen LogP contribution is -2.44. The highest BCUT2D eigenvalue weighted by atomic mass is 16.5. The molecule has 1 N–H and O–H groups in total. The molecule has 2 aromatic rings. The molecule has 0 atom stereocenters. The molecule has 32 heavy (non-hydrogen) atoms. The molecule has 0 spiro atoms. The number of pyridine rings is 1. The van der Waals surface area contributed by atoms with Crippen molar-refractivity contribution in [3.05, 3.63) is 48.2 Å². The number of ether oxygens (including phenoxy) is 2. The molecule has 1 saturated carbocycles. The molecule has 7 heteroatoms. The van der Waals surface area contributed by atoms with E-state index in [9.17, 15) is 9.59 Å². The van der Waals surface area contributed by atoms with Crippen LogP contribution >= 0.6 is 0 Å². The number of carbonyl (C=O) groups excluding carboxylic acids is 2. The Morgan fingerprint density at radius 3 is 2.62 bits per heavy atom. The van der Waals surface area contributed by atoms with Crippen LogP contribution in [0.5, 0.6) is 17.4 Å². The molecule has 4 rings (SSSR count). The van der Waals surface area contributed by atoms with E-state index in [0.717, 1.165) is 51.4 Å². The summed E-state index contributed by atoms with van der Waals surface area (Å²) in [4.78, 5) is 32.1. The van der Waals surface area contributed by atoms with E-state index in [0.29, 0.717) is 30.2 Å². The van der Waals surface area contributed by atoms with Crippen LogP contribution in [-0.2, 0) is 4.79 Å². The molecule has 1 aromatic heterocycles. The standard InChI is InChI=1S/C25H31N3O4/c29-23(27-19-10-3-4-11-19)18-28-16-7-1-2-8-17-31-21-13-5-6-14-22(21)32-24-20(25(28)30)12-9-15-26-24/h5-6,9,12-15,19H,1-4,7-8,10-11,16-18H2,(H,27,29). The maximum Gasteiger partial charge on any atom is 0.259 e. The zero-order valence-electron chi connectivity index (χ0n) is 18.4. The van der Waals surface area contributed by atoms with E-state index in [1.807, 2.05) is 18.2 Å². The van der Waals surface area contributed by atoms with Crippen molar-refractivity contribution in [1.82, 2.24) is 15.2 Å². The van der Waals surface area contributed by atoms with Crippen molar-refractivity contribution in [3.8, 4) is 17.4 Å². The third kappa shape index (κ3) is 5.78. The van der Waals surface area contributed by atoms with Crippen LogP contribution in [0.3, 0.4) is 0 Å². The second-order valence-electron chi connectivity index (χ2n) is 8.44. The quantitative estimate of drug-likeness (QED) is 0.773. The van der Waals surface area contributed by atoms with Crippen LogP contribution < -0.4 is 14.8 Å². The number of hydrogen-bond donors (Lipinski definition) is 1. The van der Waals surface area contributed by atoms with Gasteiger partial charge in [0.2, 0.25) is 11.8 Å². The van der Waals surface area contributed by atoms with Crippen LogP contribution in [-0.4, -0.2) is 47.4 Å². The Hall–Kier alpha value is -3.09. The minimum atomic E-state index is -0.245. The molecular weight excluding hydrogens is 406 g/mol. The van der Waals surface area contributed by atoms with Crippen molar-refractivity contribution in [2.75, 3.05) is 19.7 Å².